The number of nitrogens with zero attached hydrogens (tertiary/aromatic N) is 3. The van der Waals surface area contributed by atoms with Gasteiger partial charge in [-0.1, -0.05) is 12.1 Å². The number of benzene rings is 1. The number of methoxy groups -OCH3 is 2. The third kappa shape index (κ3) is 7.91. The summed E-state index contributed by atoms with van der Waals surface area (Å²) in [4.78, 5) is 12.7. The fourth-order valence-corrected chi connectivity index (χ4v) is 2.17. The van der Waals surface area contributed by atoms with Gasteiger partial charge in [0.05, 0.1) is 40.6 Å². The molecular formula is C18H28N6O4. The Morgan fingerprint density at radius 1 is 0.821 bits per heavy atom. The first-order valence-corrected chi connectivity index (χ1v) is 9.01. The minimum absolute atomic E-state index is 0.228. The van der Waals surface area contributed by atoms with Crippen molar-refractivity contribution in [2.45, 2.75) is 6.54 Å². The number of aromatic nitrogens is 3. The molecule has 0 unspecified atom stereocenters. The highest BCUT2D eigenvalue weighted by Crippen LogP contribution is 2.14. The molecule has 0 amide bonds. The number of hydrogen-bond acceptors (Lipinski definition) is 10. The van der Waals surface area contributed by atoms with Gasteiger partial charge in [-0.05, 0) is 17.7 Å². The first-order chi connectivity index (χ1) is 13.7. The van der Waals surface area contributed by atoms with Crippen molar-refractivity contribution in [3.8, 4) is 11.8 Å². The van der Waals surface area contributed by atoms with Gasteiger partial charge < -0.3 is 35.3 Å². The summed E-state index contributed by atoms with van der Waals surface area (Å²) in [5, 5.41) is 6.25. The van der Waals surface area contributed by atoms with E-state index in [1.165, 1.54) is 7.11 Å². The van der Waals surface area contributed by atoms with E-state index in [0.29, 0.717) is 58.0 Å². The van der Waals surface area contributed by atoms with Gasteiger partial charge >= 0.3 is 6.01 Å². The van der Waals surface area contributed by atoms with Crippen LogP contribution in [0.2, 0.25) is 0 Å². The van der Waals surface area contributed by atoms with E-state index in [1.807, 2.05) is 24.3 Å². The third-order valence-corrected chi connectivity index (χ3v) is 3.57. The Hall–Kier alpha value is -2.69. The SMILES string of the molecule is COc1ccc(CNc2nc(NCCOCCOCCN)nc(OC)n2)cc1. The predicted molar refractivity (Wildman–Crippen MR) is 106 cm³/mol. The summed E-state index contributed by atoms with van der Waals surface area (Å²) in [7, 11) is 3.15. The van der Waals surface area contributed by atoms with Crippen LogP contribution in [0.1, 0.15) is 5.56 Å². The summed E-state index contributed by atoms with van der Waals surface area (Å²) in [6, 6.07) is 7.97. The molecule has 0 aliphatic heterocycles. The van der Waals surface area contributed by atoms with Gasteiger partial charge in [0, 0.05) is 19.6 Å². The summed E-state index contributed by atoms with van der Waals surface area (Å²) in [5.74, 6) is 1.64. The summed E-state index contributed by atoms with van der Waals surface area (Å²) in [5.41, 5.74) is 6.41. The van der Waals surface area contributed by atoms with Crippen LogP contribution in [-0.2, 0) is 16.0 Å². The molecule has 0 fully saturated rings. The average molecular weight is 392 g/mol. The second-order valence-corrected chi connectivity index (χ2v) is 5.61. The largest absolute Gasteiger partial charge is 0.497 e. The van der Waals surface area contributed by atoms with Crippen molar-refractivity contribution in [1.29, 1.82) is 0 Å². The maximum Gasteiger partial charge on any atom is 0.322 e. The molecule has 28 heavy (non-hydrogen) atoms. The third-order valence-electron chi connectivity index (χ3n) is 3.57. The maximum atomic E-state index is 5.46. The van der Waals surface area contributed by atoms with Gasteiger partial charge in [-0.25, -0.2) is 0 Å². The minimum Gasteiger partial charge on any atom is -0.497 e. The van der Waals surface area contributed by atoms with Gasteiger partial charge in [0.1, 0.15) is 5.75 Å². The Morgan fingerprint density at radius 3 is 2.14 bits per heavy atom. The molecule has 0 atom stereocenters. The maximum absolute atomic E-state index is 5.46. The van der Waals surface area contributed by atoms with E-state index in [1.54, 1.807) is 7.11 Å². The second kappa shape index (κ2) is 12.7. The Labute approximate surface area is 164 Å². The molecule has 2 aromatic rings. The molecule has 4 N–H and O–H groups in total. The Morgan fingerprint density at radius 2 is 1.50 bits per heavy atom. The van der Waals surface area contributed by atoms with E-state index in [-0.39, 0.29) is 6.01 Å². The first-order valence-electron chi connectivity index (χ1n) is 9.01. The van der Waals surface area contributed by atoms with Gasteiger partial charge in [-0.15, -0.1) is 0 Å². The highest BCUT2D eigenvalue weighted by molar-refractivity contribution is 5.37. The lowest BCUT2D eigenvalue weighted by atomic mass is 10.2. The van der Waals surface area contributed by atoms with Gasteiger partial charge in [0.25, 0.3) is 0 Å². The molecule has 1 aromatic carbocycles. The van der Waals surface area contributed by atoms with E-state index < -0.39 is 0 Å². The normalized spacial score (nSPS) is 10.5. The molecule has 0 radical (unpaired) electrons. The fraction of sp³-hybridized carbons (Fsp3) is 0.500. The summed E-state index contributed by atoms with van der Waals surface area (Å²) < 4.78 is 21.0. The predicted octanol–water partition coefficient (Wildman–Crippen LogP) is 0.905. The summed E-state index contributed by atoms with van der Waals surface area (Å²) >= 11 is 0. The molecule has 0 saturated carbocycles. The van der Waals surface area contributed by atoms with Crippen molar-refractivity contribution in [2.75, 3.05) is 64.4 Å². The number of nitrogens with two attached hydrogens (primary N) is 1. The molecule has 0 aliphatic carbocycles. The molecule has 0 aliphatic rings. The highest BCUT2D eigenvalue weighted by Gasteiger charge is 2.07. The standard InChI is InChI=1S/C18H28N6O4/c1-25-15-5-3-14(4-6-15)13-21-17-22-16(23-18(24-17)26-2)20-8-10-28-12-11-27-9-7-19/h3-6H,7-13,19H2,1-2H3,(H2,20,21,22,23,24). The van der Waals surface area contributed by atoms with Crippen LogP contribution in [0.15, 0.2) is 24.3 Å². The van der Waals surface area contributed by atoms with Crippen LogP contribution < -0.4 is 25.8 Å². The van der Waals surface area contributed by atoms with Crippen molar-refractivity contribution in [3.05, 3.63) is 29.8 Å². The van der Waals surface area contributed by atoms with Crippen LogP contribution in [0, 0.1) is 0 Å². The second-order valence-electron chi connectivity index (χ2n) is 5.61. The smallest absolute Gasteiger partial charge is 0.322 e. The van der Waals surface area contributed by atoms with Crippen LogP contribution in [0.3, 0.4) is 0 Å². The molecule has 0 saturated heterocycles. The Bertz CT molecular complexity index is 686. The van der Waals surface area contributed by atoms with Crippen LogP contribution in [-0.4, -0.2) is 68.7 Å². The van der Waals surface area contributed by atoms with Gasteiger partial charge in [0.15, 0.2) is 0 Å². The monoisotopic (exact) mass is 392 g/mol. The van der Waals surface area contributed by atoms with Crippen LogP contribution in [0.5, 0.6) is 11.8 Å². The van der Waals surface area contributed by atoms with E-state index in [9.17, 15) is 0 Å². The quantitative estimate of drug-likeness (QED) is 0.399. The lowest BCUT2D eigenvalue weighted by Gasteiger charge is -2.10. The minimum atomic E-state index is 0.228. The number of nitrogens with one attached hydrogen (secondary N) is 2. The zero-order chi connectivity index (χ0) is 20.0. The zero-order valence-electron chi connectivity index (χ0n) is 16.3. The van der Waals surface area contributed by atoms with Gasteiger partial charge in [-0.2, -0.15) is 15.0 Å². The van der Waals surface area contributed by atoms with Crippen molar-refractivity contribution < 1.29 is 18.9 Å². The molecular weight excluding hydrogens is 364 g/mol. The van der Waals surface area contributed by atoms with Crippen molar-refractivity contribution >= 4 is 11.9 Å². The highest BCUT2D eigenvalue weighted by atomic mass is 16.5. The van der Waals surface area contributed by atoms with Crippen LogP contribution >= 0.6 is 0 Å². The molecule has 2 rings (SSSR count). The molecule has 0 bridgehead atoms. The average Bonchev–Trinajstić information content (AvgIpc) is 2.74. The molecule has 10 nitrogen and oxygen atoms in total. The fourth-order valence-electron chi connectivity index (χ4n) is 2.17. The number of hydrogen-bond donors (Lipinski definition) is 3. The van der Waals surface area contributed by atoms with Gasteiger partial charge in [0.2, 0.25) is 11.9 Å². The Balaban J connectivity index is 1.79. The van der Waals surface area contributed by atoms with E-state index >= 15 is 0 Å². The summed E-state index contributed by atoms with van der Waals surface area (Å²) in [6.45, 7) is 3.68. The van der Waals surface area contributed by atoms with Crippen molar-refractivity contribution in [2.24, 2.45) is 5.73 Å². The Kier molecular flexibility index (Phi) is 9.76. The van der Waals surface area contributed by atoms with Crippen molar-refractivity contribution in [1.82, 2.24) is 15.0 Å². The molecule has 154 valence electrons. The molecule has 0 spiro atoms. The first kappa shape index (κ1) is 21.6. The van der Waals surface area contributed by atoms with Crippen LogP contribution in [0.25, 0.3) is 0 Å². The van der Waals surface area contributed by atoms with E-state index in [0.717, 1.165) is 11.3 Å². The number of ether oxygens (including phenoxy) is 4. The van der Waals surface area contributed by atoms with E-state index in [2.05, 4.69) is 25.6 Å². The van der Waals surface area contributed by atoms with Crippen LogP contribution in [0.4, 0.5) is 11.9 Å². The molecule has 10 heteroatoms. The lowest BCUT2D eigenvalue weighted by Crippen LogP contribution is -2.16. The van der Waals surface area contributed by atoms with Crippen molar-refractivity contribution in [3.63, 3.8) is 0 Å². The summed E-state index contributed by atoms with van der Waals surface area (Å²) in [6.07, 6.45) is 0. The number of anilines is 2. The number of rotatable bonds is 14. The molecule has 1 heterocycles. The topological polar surface area (TPSA) is 126 Å². The zero-order valence-corrected chi connectivity index (χ0v) is 16.3. The van der Waals surface area contributed by atoms with Gasteiger partial charge in [-0.3, -0.25) is 0 Å². The molecule has 1 aromatic heterocycles. The lowest BCUT2D eigenvalue weighted by molar-refractivity contribution is 0.0547. The van der Waals surface area contributed by atoms with E-state index in [4.69, 9.17) is 24.7 Å².